The van der Waals surface area contributed by atoms with Crippen LogP contribution in [0.1, 0.15) is 18.4 Å². The van der Waals surface area contributed by atoms with Crippen molar-refractivity contribution in [3.05, 3.63) is 29.3 Å². The Balaban J connectivity index is 1.65. The molecule has 1 fully saturated rings. The standard InChI is InChI=1S/C16H17N5O3S/c1-9(22)17-12-3-5-13(6-4-12)21-8-11(7-14(21)23)15(24)18-16-20-19-10(2)25-16/h3-6,11H,7-8H2,1-2H3,(H,17,22)(H,18,20,24). The van der Waals surface area contributed by atoms with Crippen molar-refractivity contribution in [2.75, 3.05) is 22.1 Å². The summed E-state index contributed by atoms with van der Waals surface area (Å²) in [4.78, 5) is 37.2. The molecular formula is C16H17N5O3S. The molecule has 0 spiro atoms. The van der Waals surface area contributed by atoms with Gasteiger partial charge in [-0.2, -0.15) is 0 Å². The van der Waals surface area contributed by atoms with Gasteiger partial charge in [-0.05, 0) is 31.2 Å². The number of benzene rings is 1. The van der Waals surface area contributed by atoms with Crippen molar-refractivity contribution >= 4 is 45.6 Å². The molecular weight excluding hydrogens is 342 g/mol. The van der Waals surface area contributed by atoms with E-state index in [0.717, 1.165) is 5.01 Å². The minimum atomic E-state index is -0.438. The second-order valence-electron chi connectivity index (χ2n) is 5.75. The maximum Gasteiger partial charge on any atom is 0.231 e. The zero-order chi connectivity index (χ0) is 18.0. The Morgan fingerprint density at radius 2 is 1.92 bits per heavy atom. The molecule has 2 heterocycles. The first-order chi connectivity index (χ1) is 11.9. The van der Waals surface area contributed by atoms with E-state index in [9.17, 15) is 14.4 Å². The average Bonchev–Trinajstić information content (AvgIpc) is 3.13. The average molecular weight is 359 g/mol. The van der Waals surface area contributed by atoms with Crippen molar-refractivity contribution in [1.82, 2.24) is 10.2 Å². The summed E-state index contributed by atoms with van der Waals surface area (Å²) >= 11 is 1.29. The van der Waals surface area contributed by atoms with Crippen LogP contribution in [0.2, 0.25) is 0 Å². The van der Waals surface area contributed by atoms with Gasteiger partial charge in [-0.3, -0.25) is 14.4 Å². The molecule has 3 amide bonds. The van der Waals surface area contributed by atoms with Crippen molar-refractivity contribution in [3.63, 3.8) is 0 Å². The number of anilines is 3. The van der Waals surface area contributed by atoms with Gasteiger partial charge in [0.2, 0.25) is 22.9 Å². The number of amides is 3. The lowest BCUT2D eigenvalue weighted by molar-refractivity contribution is -0.122. The van der Waals surface area contributed by atoms with Crippen molar-refractivity contribution in [2.24, 2.45) is 5.92 Å². The largest absolute Gasteiger partial charge is 0.326 e. The first kappa shape index (κ1) is 17.0. The molecule has 130 valence electrons. The highest BCUT2D eigenvalue weighted by Crippen LogP contribution is 2.27. The molecule has 3 rings (SSSR count). The van der Waals surface area contributed by atoms with Crippen molar-refractivity contribution in [2.45, 2.75) is 20.3 Å². The Hall–Kier alpha value is -2.81. The van der Waals surface area contributed by atoms with Crippen LogP contribution in [-0.2, 0) is 14.4 Å². The summed E-state index contributed by atoms with van der Waals surface area (Å²) in [5.74, 6) is -0.942. The van der Waals surface area contributed by atoms with E-state index in [1.807, 2.05) is 0 Å². The lowest BCUT2D eigenvalue weighted by Crippen LogP contribution is -2.28. The molecule has 0 radical (unpaired) electrons. The predicted molar refractivity (Wildman–Crippen MR) is 94.5 cm³/mol. The number of nitrogens with one attached hydrogen (secondary N) is 2. The van der Waals surface area contributed by atoms with Gasteiger partial charge >= 0.3 is 0 Å². The third-order valence-corrected chi connectivity index (χ3v) is 4.51. The minimum absolute atomic E-state index is 0.110. The molecule has 1 saturated heterocycles. The van der Waals surface area contributed by atoms with Crippen LogP contribution in [0, 0.1) is 12.8 Å². The zero-order valence-electron chi connectivity index (χ0n) is 13.8. The quantitative estimate of drug-likeness (QED) is 0.866. The van der Waals surface area contributed by atoms with Gasteiger partial charge in [0.05, 0.1) is 5.92 Å². The van der Waals surface area contributed by atoms with Gasteiger partial charge in [-0.25, -0.2) is 0 Å². The molecule has 1 aromatic carbocycles. The van der Waals surface area contributed by atoms with Crippen molar-refractivity contribution in [1.29, 1.82) is 0 Å². The number of carbonyl (C=O) groups is 3. The molecule has 0 aliphatic carbocycles. The van der Waals surface area contributed by atoms with Crippen LogP contribution in [-0.4, -0.2) is 34.5 Å². The number of aromatic nitrogens is 2. The normalized spacial score (nSPS) is 16.8. The van der Waals surface area contributed by atoms with Crippen LogP contribution < -0.4 is 15.5 Å². The molecule has 0 bridgehead atoms. The van der Waals surface area contributed by atoms with E-state index in [1.54, 1.807) is 36.1 Å². The van der Waals surface area contributed by atoms with Crippen LogP contribution in [0.5, 0.6) is 0 Å². The number of carbonyl (C=O) groups excluding carboxylic acids is 3. The Morgan fingerprint density at radius 1 is 1.20 bits per heavy atom. The van der Waals surface area contributed by atoms with Crippen LogP contribution in [0.15, 0.2) is 24.3 Å². The van der Waals surface area contributed by atoms with Gasteiger partial charge in [0, 0.05) is 31.3 Å². The smallest absolute Gasteiger partial charge is 0.231 e. The molecule has 1 aromatic heterocycles. The summed E-state index contributed by atoms with van der Waals surface area (Å²) in [5, 5.41) is 14.3. The summed E-state index contributed by atoms with van der Waals surface area (Å²) in [6, 6.07) is 6.94. The van der Waals surface area contributed by atoms with E-state index in [1.165, 1.54) is 18.3 Å². The summed E-state index contributed by atoms with van der Waals surface area (Å²) in [7, 11) is 0. The second-order valence-corrected chi connectivity index (χ2v) is 6.93. The van der Waals surface area contributed by atoms with E-state index in [2.05, 4.69) is 20.8 Å². The molecule has 9 heteroatoms. The van der Waals surface area contributed by atoms with Gasteiger partial charge in [0.15, 0.2) is 0 Å². The molecule has 1 unspecified atom stereocenters. The van der Waals surface area contributed by atoms with Crippen molar-refractivity contribution < 1.29 is 14.4 Å². The number of rotatable bonds is 4. The fraction of sp³-hybridized carbons (Fsp3) is 0.312. The summed E-state index contributed by atoms with van der Waals surface area (Å²) in [6.45, 7) is 3.54. The van der Waals surface area contributed by atoms with Gasteiger partial charge < -0.3 is 15.5 Å². The Bertz CT molecular complexity index is 817. The fourth-order valence-electron chi connectivity index (χ4n) is 2.62. The molecule has 1 atom stereocenters. The maximum atomic E-state index is 12.3. The molecule has 2 aromatic rings. The van der Waals surface area contributed by atoms with Crippen molar-refractivity contribution in [3.8, 4) is 0 Å². The molecule has 1 aliphatic rings. The Labute approximate surface area is 148 Å². The molecule has 25 heavy (non-hydrogen) atoms. The molecule has 2 N–H and O–H groups in total. The highest BCUT2D eigenvalue weighted by molar-refractivity contribution is 7.15. The second kappa shape index (κ2) is 6.98. The van der Waals surface area contributed by atoms with Gasteiger partial charge in [0.25, 0.3) is 0 Å². The van der Waals surface area contributed by atoms with E-state index in [0.29, 0.717) is 23.1 Å². The lowest BCUT2D eigenvalue weighted by Gasteiger charge is -2.17. The third-order valence-electron chi connectivity index (χ3n) is 3.75. The van der Waals surface area contributed by atoms with Gasteiger partial charge in [0.1, 0.15) is 5.01 Å². The van der Waals surface area contributed by atoms with Gasteiger partial charge in [-0.15, -0.1) is 10.2 Å². The third kappa shape index (κ3) is 4.00. The number of aryl methyl sites for hydroxylation is 1. The number of hydrogen-bond acceptors (Lipinski definition) is 6. The minimum Gasteiger partial charge on any atom is -0.326 e. The van der Waals surface area contributed by atoms with E-state index < -0.39 is 5.92 Å². The molecule has 0 saturated carbocycles. The summed E-state index contributed by atoms with van der Waals surface area (Å²) < 4.78 is 0. The fourth-order valence-corrected chi connectivity index (χ4v) is 3.21. The number of hydrogen-bond donors (Lipinski definition) is 2. The maximum absolute atomic E-state index is 12.3. The Morgan fingerprint density at radius 3 is 2.52 bits per heavy atom. The van der Waals surface area contributed by atoms with E-state index in [-0.39, 0.29) is 24.1 Å². The van der Waals surface area contributed by atoms with E-state index >= 15 is 0 Å². The summed E-state index contributed by atoms with van der Waals surface area (Å²) in [5.41, 5.74) is 1.35. The summed E-state index contributed by atoms with van der Waals surface area (Å²) in [6.07, 6.45) is 0.150. The molecule has 8 nitrogen and oxygen atoms in total. The monoisotopic (exact) mass is 359 g/mol. The topological polar surface area (TPSA) is 104 Å². The zero-order valence-corrected chi connectivity index (χ0v) is 14.6. The van der Waals surface area contributed by atoms with Crippen LogP contribution >= 0.6 is 11.3 Å². The van der Waals surface area contributed by atoms with Crippen LogP contribution in [0.4, 0.5) is 16.5 Å². The SMILES string of the molecule is CC(=O)Nc1ccc(N2CC(C(=O)Nc3nnc(C)s3)CC2=O)cc1. The highest BCUT2D eigenvalue weighted by Gasteiger charge is 2.35. The Kier molecular flexibility index (Phi) is 4.75. The lowest BCUT2D eigenvalue weighted by atomic mass is 10.1. The molecule has 1 aliphatic heterocycles. The number of nitrogens with zero attached hydrogens (tertiary/aromatic N) is 3. The predicted octanol–water partition coefficient (Wildman–Crippen LogP) is 1.80. The first-order valence-corrected chi connectivity index (χ1v) is 8.53. The van der Waals surface area contributed by atoms with Gasteiger partial charge in [-0.1, -0.05) is 11.3 Å². The van der Waals surface area contributed by atoms with Crippen LogP contribution in [0.25, 0.3) is 0 Å². The van der Waals surface area contributed by atoms with Crippen LogP contribution in [0.3, 0.4) is 0 Å². The van der Waals surface area contributed by atoms with E-state index in [4.69, 9.17) is 0 Å². The highest BCUT2D eigenvalue weighted by atomic mass is 32.1. The first-order valence-electron chi connectivity index (χ1n) is 7.71.